The second-order valence-electron chi connectivity index (χ2n) is 6.69. The first kappa shape index (κ1) is 21.1. The molecule has 2 aromatic heterocycles. The van der Waals surface area contributed by atoms with Crippen LogP contribution in [0.5, 0.6) is 0 Å². The fourth-order valence-corrected chi connectivity index (χ4v) is 3.83. The van der Waals surface area contributed by atoms with Gasteiger partial charge in [0.25, 0.3) is 0 Å². The Labute approximate surface area is 172 Å². The molecule has 3 rings (SSSR count). The number of anilines is 1. The van der Waals surface area contributed by atoms with Gasteiger partial charge in [-0.2, -0.15) is 0 Å². The van der Waals surface area contributed by atoms with E-state index < -0.39 is 10.0 Å². The standard InChI is InChI=1S/C18H21N5O4S2/c1-12(2)10-23-17(15-4-3-9-27-15)21-22-18(23)28-11-16(24)20-13-5-7-14(8-6-13)29(19,25)26/h3-9,12H,10-11H2,1-2H3,(H,20,24)(H2,19,25,26). The summed E-state index contributed by atoms with van der Waals surface area (Å²) in [5, 5.41) is 16.8. The molecule has 11 heteroatoms. The maximum absolute atomic E-state index is 12.3. The second kappa shape index (κ2) is 8.80. The number of amides is 1. The minimum absolute atomic E-state index is 0.0166. The molecule has 1 aromatic carbocycles. The van der Waals surface area contributed by atoms with Crippen molar-refractivity contribution in [2.24, 2.45) is 11.1 Å². The van der Waals surface area contributed by atoms with E-state index >= 15 is 0 Å². The van der Waals surface area contributed by atoms with Gasteiger partial charge in [0.2, 0.25) is 15.9 Å². The minimum Gasteiger partial charge on any atom is -0.461 e. The van der Waals surface area contributed by atoms with E-state index in [0.29, 0.717) is 34.9 Å². The molecule has 0 saturated carbocycles. The van der Waals surface area contributed by atoms with Crippen LogP contribution in [-0.4, -0.2) is 34.8 Å². The Morgan fingerprint density at radius 1 is 1.24 bits per heavy atom. The van der Waals surface area contributed by atoms with Crippen LogP contribution in [0.3, 0.4) is 0 Å². The summed E-state index contributed by atoms with van der Waals surface area (Å²) in [6.45, 7) is 4.85. The van der Waals surface area contributed by atoms with Crippen LogP contribution in [0.15, 0.2) is 57.1 Å². The summed E-state index contributed by atoms with van der Waals surface area (Å²) in [7, 11) is -3.77. The van der Waals surface area contributed by atoms with Crippen LogP contribution in [0.2, 0.25) is 0 Å². The summed E-state index contributed by atoms with van der Waals surface area (Å²) in [6, 6.07) is 9.25. The van der Waals surface area contributed by atoms with Gasteiger partial charge in [-0.05, 0) is 42.3 Å². The number of benzene rings is 1. The smallest absolute Gasteiger partial charge is 0.238 e. The van der Waals surface area contributed by atoms with E-state index in [4.69, 9.17) is 9.56 Å². The van der Waals surface area contributed by atoms with Crippen LogP contribution in [0, 0.1) is 5.92 Å². The number of nitrogens with zero attached hydrogens (tertiary/aromatic N) is 3. The van der Waals surface area contributed by atoms with Crippen LogP contribution in [0.1, 0.15) is 13.8 Å². The lowest BCUT2D eigenvalue weighted by atomic mass is 10.2. The Bertz CT molecular complexity index is 1070. The highest BCUT2D eigenvalue weighted by atomic mass is 32.2. The van der Waals surface area contributed by atoms with Crippen molar-refractivity contribution >= 4 is 33.4 Å². The maximum atomic E-state index is 12.3. The van der Waals surface area contributed by atoms with Crippen molar-refractivity contribution in [1.82, 2.24) is 14.8 Å². The molecule has 9 nitrogen and oxygen atoms in total. The lowest BCUT2D eigenvalue weighted by molar-refractivity contribution is -0.113. The zero-order valence-corrected chi connectivity index (χ0v) is 17.5. The van der Waals surface area contributed by atoms with Gasteiger partial charge >= 0.3 is 0 Å². The van der Waals surface area contributed by atoms with Crippen LogP contribution in [-0.2, 0) is 21.4 Å². The maximum Gasteiger partial charge on any atom is 0.238 e. The number of hydrogen-bond acceptors (Lipinski definition) is 7. The van der Waals surface area contributed by atoms with Gasteiger partial charge in [-0.15, -0.1) is 10.2 Å². The zero-order valence-electron chi connectivity index (χ0n) is 15.9. The van der Waals surface area contributed by atoms with Crippen LogP contribution >= 0.6 is 11.8 Å². The first-order valence-corrected chi connectivity index (χ1v) is 11.3. The number of carbonyl (C=O) groups excluding carboxylic acids is 1. The summed E-state index contributed by atoms with van der Waals surface area (Å²) >= 11 is 1.26. The van der Waals surface area contributed by atoms with Gasteiger partial charge in [0, 0.05) is 12.2 Å². The quantitative estimate of drug-likeness (QED) is 0.519. The van der Waals surface area contributed by atoms with Crippen molar-refractivity contribution < 1.29 is 17.6 Å². The fourth-order valence-electron chi connectivity index (χ4n) is 2.57. The SMILES string of the molecule is CC(C)Cn1c(SCC(=O)Nc2ccc(S(N)(=O)=O)cc2)nnc1-c1ccco1. The number of nitrogens with one attached hydrogen (secondary N) is 1. The number of aromatic nitrogens is 3. The van der Waals surface area contributed by atoms with Gasteiger partial charge in [0.05, 0.1) is 16.9 Å². The molecule has 2 heterocycles. The molecule has 29 heavy (non-hydrogen) atoms. The van der Waals surface area contributed by atoms with Crippen molar-refractivity contribution in [3.05, 3.63) is 42.7 Å². The molecule has 0 bridgehead atoms. The average molecular weight is 436 g/mol. The molecule has 0 radical (unpaired) electrons. The predicted octanol–water partition coefficient (Wildman–Crippen LogP) is 2.57. The Hall–Kier alpha value is -2.63. The number of sulfonamides is 1. The van der Waals surface area contributed by atoms with Crippen molar-refractivity contribution in [2.75, 3.05) is 11.1 Å². The largest absolute Gasteiger partial charge is 0.461 e. The number of rotatable bonds is 8. The molecule has 0 unspecified atom stereocenters. The first-order chi connectivity index (χ1) is 13.7. The van der Waals surface area contributed by atoms with E-state index in [-0.39, 0.29) is 16.6 Å². The van der Waals surface area contributed by atoms with E-state index in [0.717, 1.165) is 0 Å². The number of carbonyl (C=O) groups is 1. The summed E-state index contributed by atoms with van der Waals surface area (Å²) < 4.78 is 29.9. The van der Waals surface area contributed by atoms with E-state index in [1.54, 1.807) is 12.3 Å². The third kappa shape index (κ3) is 5.46. The highest BCUT2D eigenvalue weighted by molar-refractivity contribution is 7.99. The van der Waals surface area contributed by atoms with Crippen molar-refractivity contribution in [1.29, 1.82) is 0 Å². The molecule has 1 amide bonds. The fraction of sp³-hybridized carbons (Fsp3) is 0.278. The topological polar surface area (TPSA) is 133 Å². The molecular weight excluding hydrogens is 414 g/mol. The number of furan rings is 1. The third-order valence-electron chi connectivity index (χ3n) is 3.81. The zero-order chi connectivity index (χ0) is 21.0. The average Bonchev–Trinajstić information content (AvgIpc) is 3.29. The molecule has 0 saturated heterocycles. The van der Waals surface area contributed by atoms with Crippen molar-refractivity contribution in [3.8, 4) is 11.6 Å². The number of nitrogens with two attached hydrogens (primary N) is 1. The van der Waals surface area contributed by atoms with Gasteiger partial charge in [0.1, 0.15) is 0 Å². The Balaban J connectivity index is 1.67. The number of thioether (sulfide) groups is 1. The monoisotopic (exact) mass is 435 g/mol. The molecule has 0 aliphatic rings. The highest BCUT2D eigenvalue weighted by Crippen LogP contribution is 2.25. The number of primary sulfonamides is 1. The van der Waals surface area contributed by atoms with Crippen LogP contribution < -0.4 is 10.5 Å². The Morgan fingerprint density at radius 3 is 2.55 bits per heavy atom. The number of hydrogen-bond donors (Lipinski definition) is 2. The molecule has 3 aromatic rings. The summed E-state index contributed by atoms with van der Waals surface area (Å²) in [4.78, 5) is 12.3. The van der Waals surface area contributed by atoms with Gasteiger partial charge in [0.15, 0.2) is 16.7 Å². The molecule has 154 valence electrons. The first-order valence-electron chi connectivity index (χ1n) is 8.76. The minimum atomic E-state index is -3.77. The second-order valence-corrected chi connectivity index (χ2v) is 9.20. The van der Waals surface area contributed by atoms with Gasteiger partial charge in [-0.3, -0.25) is 9.36 Å². The summed E-state index contributed by atoms with van der Waals surface area (Å²) in [5.41, 5.74) is 0.475. The molecule has 0 aliphatic heterocycles. The molecule has 0 atom stereocenters. The molecule has 0 fully saturated rings. The molecular formula is C18H21N5O4S2. The lowest BCUT2D eigenvalue weighted by Gasteiger charge is -2.11. The van der Waals surface area contributed by atoms with Crippen LogP contribution in [0.25, 0.3) is 11.6 Å². The van der Waals surface area contributed by atoms with Crippen LogP contribution in [0.4, 0.5) is 5.69 Å². The normalized spacial score (nSPS) is 11.7. The van der Waals surface area contributed by atoms with Crippen molar-refractivity contribution in [2.45, 2.75) is 30.4 Å². The van der Waals surface area contributed by atoms with E-state index in [1.165, 1.54) is 36.0 Å². The van der Waals surface area contributed by atoms with Gasteiger partial charge < -0.3 is 9.73 Å². The molecule has 3 N–H and O–H groups in total. The third-order valence-corrected chi connectivity index (χ3v) is 5.70. The summed E-state index contributed by atoms with van der Waals surface area (Å²) in [5.74, 6) is 1.45. The van der Waals surface area contributed by atoms with Gasteiger partial charge in [-0.1, -0.05) is 25.6 Å². The highest BCUT2D eigenvalue weighted by Gasteiger charge is 2.18. The van der Waals surface area contributed by atoms with E-state index in [9.17, 15) is 13.2 Å². The molecule has 0 spiro atoms. The van der Waals surface area contributed by atoms with E-state index in [1.807, 2.05) is 10.6 Å². The molecule has 0 aliphatic carbocycles. The predicted molar refractivity (Wildman–Crippen MR) is 110 cm³/mol. The summed E-state index contributed by atoms with van der Waals surface area (Å²) in [6.07, 6.45) is 1.57. The Kier molecular flexibility index (Phi) is 6.40. The van der Waals surface area contributed by atoms with E-state index in [2.05, 4.69) is 29.4 Å². The van der Waals surface area contributed by atoms with Crippen molar-refractivity contribution in [3.63, 3.8) is 0 Å². The van der Waals surface area contributed by atoms with Gasteiger partial charge in [-0.25, -0.2) is 13.6 Å². The lowest BCUT2D eigenvalue weighted by Crippen LogP contribution is -2.16. The Morgan fingerprint density at radius 2 is 1.97 bits per heavy atom.